The van der Waals surface area contributed by atoms with Gasteiger partial charge in [-0.3, -0.25) is 0 Å². The Bertz CT molecular complexity index is 795. The van der Waals surface area contributed by atoms with Gasteiger partial charge in [-0.2, -0.15) is 0 Å². The largest absolute Gasteiger partial charge is 1.00 e. The van der Waals surface area contributed by atoms with E-state index in [0.717, 1.165) is 0 Å². The molecule has 1 atom stereocenters. The van der Waals surface area contributed by atoms with Crippen molar-refractivity contribution in [3.05, 3.63) is 64.7 Å². The van der Waals surface area contributed by atoms with Crippen LogP contribution in [0.25, 0.3) is 17.2 Å². The molecule has 1 aliphatic carbocycles. The summed E-state index contributed by atoms with van der Waals surface area (Å²) in [6, 6.07) is 15.9. The summed E-state index contributed by atoms with van der Waals surface area (Å²) in [5.41, 5.74) is 8.71. The van der Waals surface area contributed by atoms with Gasteiger partial charge in [0.15, 0.2) is 0 Å². The van der Waals surface area contributed by atoms with E-state index in [9.17, 15) is 0 Å². The fraction of sp³-hybridized carbons (Fsp3) is 0.364. The maximum absolute atomic E-state index is 6.24. The Kier molecular flexibility index (Phi) is 9.22. The number of hydrogen-bond donors (Lipinski definition) is 0. The molecule has 0 saturated heterocycles. The molecule has 27 heavy (non-hydrogen) atoms. The molecule has 0 fully saturated rings. The van der Waals surface area contributed by atoms with E-state index in [1.54, 1.807) is 0 Å². The first-order chi connectivity index (χ1) is 11.8. The van der Waals surface area contributed by atoms with E-state index >= 15 is 0 Å². The van der Waals surface area contributed by atoms with Crippen LogP contribution < -0.4 is 24.8 Å². The molecule has 1 unspecified atom stereocenters. The van der Waals surface area contributed by atoms with Crippen molar-refractivity contribution >= 4 is 15.1 Å². The Balaban J connectivity index is 0.00000182. The summed E-state index contributed by atoms with van der Waals surface area (Å²) in [4.78, 5) is 0. The predicted octanol–water partition coefficient (Wildman–Crippen LogP) is 0.115. The zero-order valence-electron chi connectivity index (χ0n) is 16.9. The van der Waals surface area contributed by atoms with Gasteiger partial charge in [0.25, 0.3) is 0 Å². The van der Waals surface area contributed by atoms with Crippen LogP contribution in [0.2, 0.25) is 13.1 Å². The van der Waals surface area contributed by atoms with Gasteiger partial charge in [0.1, 0.15) is 0 Å². The van der Waals surface area contributed by atoms with E-state index in [1.165, 1.54) is 33.4 Å². The minimum Gasteiger partial charge on any atom is -1.00 e. The molecule has 2 aromatic rings. The second kappa shape index (κ2) is 10.0. The van der Waals surface area contributed by atoms with Crippen molar-refractivity contribution in [1.82, 2.24) is 0 Å². The van der Waals surface area contributed by atoms with Crippen LogP contribution in [0.4, 0.5) is 0 Å². The van der Waals surface area contributed by atoms with Crippen molar-refractivity contribution in [2.45, 2.75) is 49.9 Å². The first kappa shape index (κ1) is 24.8. The number of hydrogen-bond acceptors (Lipinski definition) is 1. The summed E-state index contributed by atoms with van der Waals surface area (Å²) in [6.07, 6.45) is 2.41. The summed E-state index contributed by atoms with van der Waals surface area (Å²) in [7, 11) is -0.903. The van der Waals surface area contributed by atoms with Crippen LogP contribution in [-0.2, 0) is 31.3 Å². The Morgan fingerprint density at radius 1 is 0.963 bits per heavy atom. The first-order valence-electron chi connectivity index (χ1n) is 9.10. The molecule has 5 heteroatoms. The maximum atomic E-state index is 6.24. The van der Waals surface area contributed by atoms with Crippen LogP contribution in [0.5, 0.6) is 0 Å². The average molecular weight is 586 g/mol. The Labute approximate surface area is 190 Å². The van der Waals surface area contributed by atoms with E-state index in [0.29, 0.717) is 3.67 Å². The van der Waals surface area contributed by atoms with Gasteiger partial charge in [0, 0.05) is 0 Å². The molecule has 0 heterocycles. The number of allylic oxidation sites excluding steroid dienone is 1. The normalized spacial score (nSPS) is 15.4. The second-order valence-corrected chi connectivity index (χ2v) is 16.0. The Hall–Kier alpha value is -0.193. The van der Waals surface area contributed by atoms with Crippen molar-refractivity contribution in [2.75, 3.05) is 0 Å². The summed E-state index contributed by atoms with van der Waals surface area (Å²) >= 11 is -1.09. The van der Waals surface area contributed by atoms with Crippen LogP contribution >= 0.6 is 0 Å². The van der Waals surface area contributed by atoms with Gasteiger partial charge >= 0.3 is 167 Å². The van der Waals surface area contributed by atoms with Crippen LogP contribution in [0.15, 0.2) is 48.0 Å². The van der Waals surface area contributed by atoms with Crippen molar-refractivity contribution in [3.63, 3.8) is 0 Å². The van der Waals surface area contributed by atoms with Gasteiger partial charge in [-0.25, -0.2) is 0 Å². The van der Waals surface area contributed by atoms with Crippen molar-refractivity contribution in [1.29, 1.82) is 0 Å². The summed E-state index contributed by atoms with van der Waals surface area (Å²) in [5.74, 6) is 0. The molecule has 0 saturated carbocycles. The molecule has 144 valence electrons. The molecule has 3 rings (SSSR count). The molecule has 2 aromatic carbocycles. The summed E-state index contributed by atoms with van der Waals surface area (Å²) < 4.78 is 6.85. The van der Waals surface area contributed by atoms with Crippen LogP contribution in [0.3, 0.4) is 0 Å². The van der Waals surface area contributed by atoms with E-state index in [4.69, 9.17) is 2.54 Å². The molecule has 0 N–H and O–H groups in total. The minimum absolute atomic E-state index is 0. The van der Waals surface area contributed by atoms with Crippen LogP contribution in [-0.4, -0.2) is 9.04 Å². The third kappa shape index (κ3) is 5.67. The molecule has 0 bridgehead atoms. The maximum Gasteiger partial charge on any atom is -1.00 e. The Morgan fingerprint density at radius 3 is 2.15 bits per heavy atom. The van der Waals surface area contributed by atoms with Gasteiger partial charge in [-0.1, -0.05) is 0 Å². The van der Waals surface area contributed by atoms with Crippen molar-refractivity contribution in [2.24, 2.45) is 0 Å². The average Bonchev–Trinajstić information content (AvgIpc) is 2.87. The monoisotopic (exact) mass is 586 g/mol. The number of benzene rings is 2. The molecule has 1 aliphatic rings. The second-order valence-electron chi connectivity index (χ2n) is 8.24. The standard InChI is InChI=1S/C20H21.C2H7OSi.2ClH.Hf/c1-14-12-16-6-5-7-18(19(16)13-14)15-8-10-17(11-9-15)20(2,3)4;1-4(2)3;;;/h5-13H,1-4H3;4H,1-2H3;2*1H;/q;-1;;;+3/p-2. The summed E-state index contributed by atoms with van der Waals surface area (Å²) in [5, 5.41) is 0. The van der Waals surface area contributed by atoms with Gasteiger partial charge in [-0.05, 0) is 0 Å². The van der Waals surface area contributed by atoms with Gasteiger partial charge in [0.2, 0.25) is 0 Å². The SMILES string of the molecule is CC1=Cc2c(-c3ccc(C(C)(C)C)cc3)cccc2[CH]1[Hf+2][O][SiH](C)C.[Cl-].[Cl-]. The first-order valence-corrected chi connectivity index (χ1v) is 15.4. The fourth-order valence-electron chi connectivity index (χ4n) is 3.31. The van der Waals surface area contributed by atoms with E-state index in [1.807, 2.05) is 0 Å². The smallest absolute Gasteiger partial charge is 1.00 e. The molecule has 0 spiro atoms. The van der Waals surface area contributed by atoms with E-state index in [-0.39, 0.29) is 30.2 Å². The van der Waals surface area contributed by atoms with Gasteiger partial charge in [-0.15, -0.1) is 0 Å². The number of rotatable bonds is 4. The molecule has 1 nitrogen and oxygen atoms in total. The molecule has 0 aliphatic heterocycles. The van der Waals surface area contributed by atoms with Gasteiger partial charge < -0.3 is 24.8 Å². The van der Waals surface area contributed by atoms with Crippen LogP contribution in [0.1, 0.15) is 48.1 Å². The minimum atomic E-state index is -1.09. The van der Waals surface area contributed by atoms with E-state index in [2.05, 4.69) is 89.3 Å². The molecular weight excluding hydrogens is 558 g/mol. The van der Waals surface area contributed by atoms with Gasteiger partial charge in [0.05, 0.1) is 0 Å². The molecular formula is C22H28Cl2HfOSi. The predicted molar refractivity (Wildman–Crippen MR) is 107 cm³/mol. The zero-order valence-corrected chi connectivity index (χ0v) is 23.2. The van der Waals surface area contributed by atoms with Crippen molar-refractivity contribution < 1.29 is 50.7 Å². The third-order valence-electron chi connectivity index (χ3n) is 4.76. The molecule has 0 amide bonds. The number of halogens is 2. The third-order valence-corrected chi connectivity index (χ3v) is 15.5. The van der Waals surface area contributed by atoms with Crippen molar-refractivity contribution in [3.8, 4) is 11.1 Å². The van der Waals surface area contributed by atoms with E-state index < -0.39 is 32.4 Å². The quantitative estimate of drug-likeness (QED) is 0.464. The topological polar surface area (TPSA) is 9.23 Å². The zero-order chi connectivity index (χ0) is 18.2. The molecule has 0 radical (unpaired) electrons. The summed E-state index contributed by atoms with van der Waals surface area (Å²) in [6.45, 7) is 13.7. The Morgan fingerprint density at radius 2 is 1.59 bits per heavy atom. The fourth-order valence-corrected chi connectivity index (χ4v) is 10.5. The molecule has 0 aromatic heterocycles. The van der Waals surface area contributed by atoms with Crippen LogP contribution in [0, 0.1) is 0 Å². The number of fused-ring (bicyclic) bond motifs is 1.